The van der Waals surface area contributed by atoms with Gasteiger partial charge in [0.1, 0.15) is 12.4 Å². The Morgan fingerprint density at radius 3 is 2.08 bits per heavy atom. The fourth-order valence-electron chi connectivity index (χ4n) is 2.51. The molecule has 0 radical (unpaired) electrons. The van der Waals surface area contributed by atoms with Gasteiger partial charge < -0.3 is 4.74 Å². The van der Waals surface area contributed by atoms with Crippen LogP contribution in [0, 0.1) is 0 Å². The highest BCUT2D eigenvalue weighted by Gasteiger charge is 2.24. The first-order valence-corrected chi connectivity index (χ1v) is 8.04. The maximum Gasteiger partial charge on any atom is 0.258 e. The number of benzene rings is 2. The molecule has 3 rings (SSSR count). The van der Waals surface area contributed by atoms with Crippen molar-refractivity contribution in [2.45, 2.75) is 13.5 Å². The van der Waals surface area contributed by atoms with Gasteiger partial charge in [0.2, 0.25) is 0 Å². The first-order chi connectivity index (χ1) is 12.5. The number of carbonyl (C=O) groups excluding carboxylic acids is 3. The summed E-state index contributed by atoms with van der Waals surface area (Å²) in [6.45, 7) is 5.65. The molecule has 1 heterocycles. The molecule has 5 nitrogen and oxygen atoms in total. The molecule has 5 heteroatoms. The van der Waals surface area contributed by atoms with Crippen LogP contribution >= 0.6 is 0 Å². The van der Waals surface area contributed by atoms with Crippen molar-refractivity contribution in [3.63, 3.8) is 0 Å². The van der Waals surface area contributed by atoms with Crippen molar-refractivity contribution in [1.29, 1.82) is 0 Å². The SMILES string of the molecule is C=C(C)C(=O)c1ccc(OCc2ccc(N3C(=O)C=CC3=O)cc2)cc1. The molecule has 2 amide bonds. The van der Waals surface area contributed by atoms with E-state index in [0.29, 0.717) is 29.2 Å². The van der Waals surface area contributed by atoms with Crippen LogP contribution in [-0.4, -0.2) is 17.6 Å². The van der Waals surface area contributed by atoms with Crippen LogP contribution in [0.2, 0.25) is 0 Å². The largest absolute Gasteiger partial charge is 0.489 e. The average molecular weight is 347 g/mol. The van der Waals surface area contributed by atoms with Crippen LogP contribution in [0.1, 0.15) is 22.8 Å². The van der Waals surface area contributed by atoms with Gasteiger partial charge in [-0.15, -0.1) is 0 Å². The Kier molecular flexibility index (Phi) is 4.80. The minimum atomic E-state index is -0.344. The fourth-order valence-corrected chi connectivity index (χ4v) is 2.51. The van der Waals surface area contributed by atoms with Crippen molar-refractivity contribution in [2.75, 3.05) is 4.90 Å². The van der Waals surface area contributed by atoms with E-state index < -0.39 is 0 Å². The highest BCUT2D eigenvalue weighted by molar-refractivity contribution is 6.28. The van der Waals surface area contributed by atoms with E-state index in [2.05, 4.69) is 6.58 Å². The van der Waals surface area contributed by atoms with Gasteiger partial charge in [-0.25, -0.2) is 4.90 Å². The highest BCUT2D eigenvalue weighted by atomic mass is 16.5. The van der Waals surface area contributed by atoms with E-state index in [1.54, 1.807) is 55.5 Å². The average Bonchev–Trinajstić information content (AvgIpc) is 2.98. The standard InChI is InChI=1S/C21H17NO4/c1-14(2)21(25)16-5-9-18(10-6-16)26-13-15-3-7-17(8-4-15)22-19(23)11-12-20(22)24/h3-12H,1,13H2,2H3. The Hall–Kier alpha value is -3.47. The van der Waals surface area contributed by atoms with Gasteiger partial charge in [0.15, 0.2) is 5.78 Å². The van der Waals surface area contributed by atoms with Crippen LogP contribution in [0.5, 0.6) is 5.75 Å². The van der Waals surface area contributed by atoms with Gasteiger partial charge in [-0.05, 0) is 54.5 Å². The third kappa shape index (κ3) is 3.62. The number of hydrogen-bond donors (Lipinski definition) is 0. The summed E-state index contributed by atoms with van der Waals surface area (Å²) in [5, 5.41) is 0. The highest BCUT2D eigenvalue weighted by Crippen LogP contribution is 2.21. The molecule has 0 fully saturated rings. The van der Waals surface area contributed by atoms with E-state index in [4.69, 9.17) is 4.74 Å². The number of amides is 2. The third-order valence-electron chi connectivity index (χ3n) is 3.91. The number of nitrogens with zero attached hydrogens (tertiary/aromatic N) is 1. The quantitative estimate of drug-likeness (QED) is 0.456. The number of ether oxygens (including phenoxy) is 1. The molecule has 0 saturated heterocycles. The number of carbonyl (C=O) groups is 3. The van der Waals surface area contributed by atoms with E-state index in [1.807, 2.05) is 0 Å². The van der Waals surface area contributed by atoms with Crippen molar-refractivity contribution in [2.24, 2.45) is 0 Å². The molecule has 0 N–H and O–H groups in total. The zero-order chi connectivity index (χ0) is 18.7. The zero-order valence-electron chi connectivity index (χ0n) is 14.3. The van der Waals surface area contributed by atoms with Crippen LogP contribution in [0.4, 0.5) is 5.69 Å². The lowest BCUT2D eigenvalue weighted by Crippen LogP contribution is -2.29. The Morgan fingerprint density at radius 1 is 0.962 bits per heavy atom. The summed E-state index contributed by atoms with van der Waals surface area (Å²) in [4.78, 5) is 36.3. The molecule has 0 unspecified atom stereocenters. The molecule has 0 bridgehead atoms. The van der Waals surface area contributed by atoms with Crippen molar-refractivity contribution in [3.05, 3.63) is 84.0 Å². The molecule has 26 heavy (non-hydrogen) atoms. The number of Topliss-reactive ketones (excluding diaryl/α,β-unsaturated/α-hetero) is 1. The molecular weight excluding hydrogens is 330 g/mol. The van der Waals surface area contributed by atoms with E-state index in [9.17, 15) is 14.4 Å². The van der Waals surface area contributed by atoms with Crippen molar-refractivity contribution >= 4 is 23.3 Å². The smallest absolute Gasteiger partial charge is 0.258 e. The summed E-state index contributed by atoms with van der Waals surface area (Å²) in [5.41, 5.74) is 2.48. The summed E-state index contributed by atoms with van der Waals surface area (Å²) in [7, 11) is 0. The molecule has 0 aliphatic carbocycles. The van der Waals surface area contributed by atoms with Crippen molar-refractivity contribution in [1.82, 2.24) is 0 Å². The Labute approximate surface area is 151 Å². The molecule has 2 aromatic carbocycles. The number of hydrogen-bond acceptors (Lipinski definition) is 4. The van der Waals surface area contributed by atoms with Gasteiger partial charge in [0.05, 0.1) is 5.69 Å². The second kappa shape index (κ2) is 7.19. The summed E-state index contributed by atoms with van der Waals surface area (Å²) in [5.74, 6) is -0.138. The van der Waals surface area contributed by atoms with Crippen LogP contribution in [0.3, 0.4) is 0 Å². The molecule has 130 valence electrons. The predicted octanol–water partition coefficient (Wildman–Crippen LogP) is 3.45. The number of rotatable bonds is 6. The first kappa shape index (κ1) is 17.4. The van der Waals surface area contributed by atoms with Crippen LogP contribution in [-0.2, 0) is 16.2 Å². The molecule has 0 spiro atoms. The fraction of sp³-hybridized carbons (Fsp3) is 0.0952. The predicted molar refractivity (Wildman–Crippen MR) is 98.0 cm³/mol. The lowest BCUT2D eigenvalue weighted by molar-refractivity contribution is -0.119. The third-order valence-corrected chi connectivity index (χ3v) is 3.91. The molecular formula is C21H17NO4. The monoisotopic (exact) mass is 347 g/mol. The van der Waals surface area contributed by atoms with Crippen molar-refractivity contribution in [3.8, 4) is 5.75 Å². The second-order valence-electron chi connectivity index (χ2n) is 5.93. The second-order valence-corrected chi connectivity index (χ2v) is 5.93. The Balaban J connectivity index is 1.62. The lowest BCUT2D eigenvalue weighted by atomic mass is 10.1. The minimum Gasteiger partial charge on any atom is -0.489 e. The van der Waals surface area contributed by atoms with E-state index >= 15 is 0 Å². The molecule has 0 saturated carbocycles. The molecule has 0 aromatic heterocycles. The van der Waals surface area contributed by atoms with Crippen molar-refractivity contribution < 1.29 is 19.1 Å². The van der Waals surface area contributed by atoms with Gasteiger partial charge in [0.25, 0.3) is 11.8 Å². The summed E-state index contributed by atoms with van der Waals surface area (Å²) in [6, 6.07) is 13.9. The van der Waals surface area contributed by atoms with E-state index in [0.717, 1.165) is 10.5 Å². The van der Waals surface area contributed by atoms with Crippen LogP contribution in [0.15, 0.2) is 72.8 Å². The molecule has 0 atom stereocenters. The van der Waals surface area contributed by atoms with Gasteiger partial charge >= 0.3 is 0 Å². The molecule has 2 aromatic rings. The van der Waals surface area contributed by atoms with Gasteiger partial charge in [-0.1, -0.05) is 18.7 Å². The topological polar surface area (TPSA) is 63.7 Å². The molecule has 1 aliphatic rings. The maximum absolute atomic E-state index is 11.8. The van der Waals surface area contributed by atoms with Gasteiger partial charge in [-0.3, -0.25) is 14.4 Å². The van der Waals surface area contributed by atoms with Crippen LogP contribution in [0.25, 0.3) is 0 Å². The van der Waals surface area contributed by atoms with E-state index in [1.165, 1.54) is 12.2 Å². The molecule has 1 aliphatic heterocycles. The first-order valence-electron chi connectivity index (χ1n) is 8.04. The van der Waals surface area contributed by atoms with E-state index in [-0.39, 0.29) is 17.6 Å². The number of anilines is 1. The van der Waals surface area contributed by atoms with Crippen LogP contribution < -0.4 is 9.64 Å². The summed E-state index contributed by atoms with van der Waals surface area (Å²) >= 11 is 0. The minimum absolute atomic E-state index is 0.0902. The van der Waals surface area contributed by atoms with Gasteiger partial charge in [0, 0.05) is 17.7 Å². The number of allylic oxidation sites excluding steroid dienone is 1. The Bertz CT molecular complexity index is 890. The van der Waals surface area contributed by atoms with Gasteiger partial charge in [-0.2, -0.15) is 0 Å². The lowest BCUT2D eigenvalue weighted by Gasteiger charge is -2.14. The summed E-state index contributed by atoms with van der Waals surface area (Å²) < 4.78 is 5.70. The Morgan fingerprint density at radius 2 is 1.54 bits per heavy atom. The zero-order valence-corrected chi connectivity index (χ0v) is 14.3. The number of imide groups is 1. The normalized spacial score (nSPS) is 13.2. The summed E-state index contributed by atoms with van der Waals surface area (Å²) in [6.07, 6.45) is 2.50. The number of ketones is 1. The maximum atomic E-state index is 11.8.